The van der Waals surface area contributed by atoms with Gasteiger partial charge in [-0.2, -0.15) is 13.2 Å². The summed E-state index contributed by atoms with van der Waals surface area (Å²) < 4.78 is 37.9. The summed E-state index contributed by atoms with van der Waals surface area (Å²) in [6.07, 6.45) is -4.73. The summed E-state index contributed by atoms with van der Waals surface area (Å²) in [5.74, 6) is -0.0239. The van der Waals surface area contributed by atoms with Gasteiger partial charge in [0.15, 0.2) is 10.9 Å². The van der Waals surface area contributed by atoms with E-state index in [1.165, 1.54) is 0 Å². The molecule has 0 aliphatic rings. The van der Waals surface area contributed by atoms with Gasteiger partial charge in [0.1, 0.15) is 10.3 Å². The van der Waals surface area contributed by atoms with Crippen LogP contribution < -0.4 is 5.56 Å². The number of aromatic nitrogens is 3. The molecule has 2 aromatic heterocycles. The number of aromatic amines is 1. The van der Waals surface area contributed by atoms with Crippen molar-refractivity contribution in [1.29, 1.82) is 0 Å². The molecule has 2 rings (SSSR count). The van der Waals surface area contributed by atoms with Gasteiger partial charge in [0, 0.05) is 17.4 Å². The Balaban J connectivity index is 2.33. The van der Waals surface area contributed by atoms with Crippen LogP contribution in [0.25, 0.3) is 0 Å². The highest BCUT2D eigenvalue weighted by Gasteiger charge is 2.33. The monoisotopic (exact) mass is 423 g/mol. The molecule has 23 heavy (non-hydrogen) atoms. The average molecular weight is 425 g/mol. The Morgan fingerprint density at radius 3 is 2.17 bits per heavy atom. The first-order chi connectivity index (χ1) is 10.6. The van der Waals surface area contributed by atoms with Crippen LogP contribution in [-0.2, 0) is 11.9 Å². The molecule has 0 amide bonds. The van der Waals surface area contributed by atoms with Crippen LogP contribution in [0.4, 0.5) is 13.2 Å². The molecule has 4 nitrogen and oxygen atoms in total. The highest BCUT2D eigenvalue weighted by molar-refractivity contribution is 7.98. The standard InChI is InChI=1S/C11H4Cl4F3N3OS/c12-6-3(7(13)9(15)21-8(6)14)2-23-10-19-4(11(16,17)18)1-5(22)20-10/h1H,2H2,(H,19,20,22). The summed E-state index contributed by atoms with van der Waals surface area (Å²) in [7, 11) is 0. The van der Waals surface area contributed by atoms with Crippen molar-refractivity contribution in [2.24, 2.45) is 0 Å². The van der Waals surface area contributed by atoms with Gasteiger partial charge in [0.25, 0.3) is 5.56 Å². The number of pyridine rings is 1. The number of hydrogen-bond acceptors (Lipinski definition) is 4. The Morgan fingerprint density at radius 1 is 1.09 bits per heavy atom. The molecule has 0 saturated carbocycles. The van der Waals surface area contributed by atoms with Crippen LogP contribution in [0.5, 0.6) is 0 Å². The van der Waals surface area contributed by atoms with E-state index in [0.717, 1.165) is 11.8 Å². The molecular weight excluding hydrogens is 421 g/mol. The summed E-state index contributed by atoms with van der Waals surface area (Å²) in [5.41, 5.74) is -1.96. The van der Waals surface area contributed by atoms with Crippen LogP contribution in [0, 0.1) is 0 Å². The Labute approximate surface area is 151 Å². The molecule has 0 aliphatic heterocycles. The quantitative estimate of drug-likeness (QED) is 0.423. The maximum absolute atomic E-state index is 12.6. The van der Waals surface area contributed by atoms with E-state index in [-0.39, 0.29) is 36.8 Å². The van der Waals surface area contributed by atoms with E-state index in [9.17, 15) is 18.0 Å². The van der Waals surface area contributed by atoms with Gasteiger partial charge in [-0.3, -0.25) is 4.79 Å². The van der Waals surface area contributed by atoms with Crippen LogP contribution in [-0.4, -0.2) is 15.0 Å². The zero-order valence-corrected chi connectivity index (χ0v) is 14.5. The van der Waals surface area contributed by atoms with Crippen molar-refractivity contribution in [2.75, 3.05) is 0 Å². The Hall–Kier alpha value is -0.670. The fourth-order valence-corrected chi connectivity index (χ4v) is 3.41. The van der Waals surface area contributed by atoms with Crippen molar-refractivity contribution < 1.29 is 13.2 Å². The van der Waals surface area contributed by atoms with Gasteiger partial charge < -0.3 is 4.98 Å². The third kappa shape index (κ3) is 4.45. The number of thioether (sulfide) groups is 1. The van der Waals surface area contributed by atoms with Gasteiger partial charge in [-0.1, -0.05) is 58.2 Å². The second kappa shape index (κ2) is 7.06. The van der Waals surface area contributed by atoms with Gasteiger partial charge in [-0.05, 0) is 0 Å². The third-order valence-electron chi connectivity index (χ3n) is 2.45. The summed E-state index contributed by atoms with van der Waals surface area (Å²) in [6, 6.07) is 0.365. The molecular formula is C11H4Cl4F3N3OS. The minimum Gasteiger partial charge on any atom is -0.301 e. The lowest BCUT2D eigenvalue weighted by Crippen LogP contribution is -2.16. The Morgan fingerprint density at radius 2 is 1.65 bits per heavy atom. The first kappa shape index (κ1) is 18.7. The molecule has 0 fully saturated rings. The fraction of sp³-hybridized carbons (Fsp3) is 0.182. The van der Waals surface area contributed by atoms with Crippen LogP contribution in [0.2, 0.25) is 20.4 Å². The molecule has 2 aromatic rings. The second-order valence-electron chi connectivity index (χ2n) is 4.02. The topological polar surface area (TPSA) is 58.6 Å². The van der Waals surface area contributed by atoms with Gasteiger partial charge in [0.2, 0.25) is 0 Å². The Kier molecular flexibility index (Phi) is 5.73. The van der Waals surface area contributed by atoms with Crippen molar-refractivity contribution >= 4 is 58.2 Å². The summed E-state index contributed by atoms with van der Waals surface area (Å²) in [5, 5.41) is -0.406. The SMILES string of the molecule is O=c1cc(C(F)(F)F)nc(SCc2c(Cl)c(Cl)nc(Cl)c2Cl)[nH]1. The molecule has 0 radical (unpaired) electrons. The number of halogens is 7. The van der Waals surface area contributed by atoms with E-state index in [1.54, 1.807) is 0 Å². The summed E-state index contributed by atoms with van der Waals surface area (Å²) >= 11 is 24.2. The van der Waals surface area contributed by atoms with Crippen molar-refractivity contribution in [3.63, 3.8) is 0 Å². The van der Waals surface area contributed by atoms with Crippen molar-refractivity contribution in [3.05, 3.63) is 48.0 Å². The molecule has 0 aliphatic carbocycles. The molecule has 124 valence electrons. The van der Waals surface area contributed by atoms with E-state index >= 15 is 0 Å². The molecule has 12 heteroatoms. The Bertz CT molecular complexity index is 786. The largest absolute Gasteiger partial charge is 0.433 e. The molecule has 0 saturated heterocycles. The smallest absolute Gasteiger partial charge is 0.301 e. The fourth-order valence-electron chi connectivity index (χ4n) is 1.45. The highest BCUT2D eigenvalue weighted by atomic mass is 35.5. The van der Waals surface area contributed by atoms with E-state index in [4.69, 9.17) is 46.4 Å². The van der Waals surface area contributed by atoms with Crippen LogP contribution >= 0.6 is 58.2 Å². The molecule has 2 heterocycles. The maximum Gasteiger partial charge on any atom is 0.433 e. The van der Waals surface area contributed by atoms with E-state index in [0.29, 0.717) is 6.07 Å². The summed E-state index contributed by atoms with van der Waals surface area (Å²) in [6.45, 7) is 0. The second-order valence-corrected chi connectivity index (χ2v) is 6.46. The van der Waals surface area contributed by atoms with Gasteiger partial charge in [0.05, 0.1) is 10.0 Å². The number of rotatable bonds is 3. The van der Waals surface area contributed by atoms with Gasteiger partial charge in [-0.15, -0.1) is 0 Å². The lowest BCUT2D eigenvalue weighted by atomic mass is 10.3. The van der Waals surface area contributed by atoms with Crippen LogP contribution in [0.15, 0.2) is 16.0 Å². The minimum atomic E-state index is -4.73. The molecule has 0 spiro atoms. The van der Waals surface area contributed by atoms with Gasteiger partial charge in [-0.25, -0.2) is 9.97 Å². The predicted octanol–water partition coefficient (Wildman–Crippen LogP) is 5.09. The van der Waals surface area contributed by atoms with Crippen molar-refractivity contribution in [3.8, 4) is 0 Å². The first-order valence-corrected chi connectivity index (χ1v) is 8.09. The number of nitrogens with zero attached hydrogens (tertiary/aromatic N) is 2. The number of H-pyrrole nitrogens is 1. The van der Waals surface area contributed by atoms with Crippen molar-refractivity contribution in [2.45, 2.75) is 17.1 Å². The average Bonchev–Trinajstić information content (AvgIpc) is 2.44. The third-order valence-corrected chi connectivity index (χ3v) is 4.91. The van der Waals surface area contributed by atoms with Crippen LogP contribution in [0.1, 0.15) is 11.3 Å². The highest BCUT2D eigenvalue weighted by Crippen LogP contribution is 2.37. The maximum atomic E-state index is 12.6. The normalized spacial score (nSPS) is 11.8. The lowest BCUT2D eigenvalue weighted by Gasteiger charge is -2.10. The molecule has 1 N–H and O–H groups in total. The summed E-state index contributed by atoms with van der Waals surface area (Å²) in [4.78, 5) is 20.5. The number of hydrogen-bond donors (Lipinski definition) is 1. The zero-order chi connectivity index (χ0) is 17.4. The molecule has 0 unspecified atom stereocenters. The molecule has 0 bridgehead atoms. The van der Waals surface area contributed by atoms with Crippen molar-refractivity contribution in [1.82, 2.24) is 15.0 Å². The predicted molar refractivity (Wildman–Crippen MR) is 83.7 cm³/mol. The lowest BCUT2D eigenvalue weighted by molar-refractivity contribution is -0.141. The molecule has 0 atom stereocenters. The van der Waals surface area contributed by atoms with Gasteiger partial charge >= 0.3 is 6.18 Å². The zero-order valence-electron chi connectivity index (χ0n) is 10.6. The van der Waals surface area contributed by atoms with E-state index in [1.807, 2.05) is 0 Å². The number of alkyl halides is 3. The van der Waals surface area contributed by atoms with E-state index in [2.05, 4.69) is 15.0 Å². The number of nitrogens with one attached hydrogen (secondary N) is 1. The van der Waals surface area contributed by atoms with E-state index < -0.39 is 17.4 Å². The minimum absolute atomic E-state index is 0.0166. The molecule has 0 aromatic carbocycles. The first-order valence-electron chi connectivity index (χ1n) is 5.60. The van der Waals surface area contributed by atoms with Crippen LogP contribution in [0.3, 0.4) is 0 Å².